The SMILES string of the molecule is CCCCN(CC(=O)N(Cc1cccn1C)CC(C)C)S(=O)(=O)c1ccc([N+](=O)[O-])cc1. The van der Waals surface area contributed by atoms with Crippen LogP contribution in [-0.4, -0.2) is 52.7 Å². The Kier molecular flexibility index (Phi) is 8.97. The Balaban J connectivity index is 2.28. The lowest BCUT2D eigenvalue weighted by Gasteiger charge is -2.28. The van der Waals surface area contributed by atoms with Gasteiger partial charge in [-0.3, -0.25) is 14.9 Å². The molecule has 1 aromatic carbocycles. The van der Waals surface area contributed by atoms with Gasteiger partial charge in [0.25, 0.3) is 5.69 Å². The third-order valence-corrected chi connectivity index (χ3v) is 6.96. The molecule has 0 bridgehead atoms. The molecule has 10 heteroatoms. The number of nitro groups is 1. The van der Waals surface area contributed by atoms with Crippen LogP contribution >= 0.6 is 0 Å². The number of amides is 1. The maximum Gasteiger partial charge on any atom is 0.269 e. The van der Waals surface area contributed by atoms with Crippen molar-refractivity contribution in [1.29, 1.82) is 0 Å². The van der Waals surface area contributed by atoms with Gasteiger partial charge in [-0.1, -0.05) is 27.2 Å². The Hall–Kier alpha value is -2.72. The first-order chi connectivity index (χ1) is 15.1. The Labute approximate surface area is 189 Å². The third kappa shape index (κ3) is 6.64. The van der Waals surface area contributed by atoms with E-state index in [0.29, 0.717) is 19.5 Å². The standard InChI is InChI=1S/C22H32N4O5S/c1-5-6-14-25(32(30,31)21-11-9-19(10-12-21)26(28)29)17-22(27)24(15-18(2)3)16-20-8-7-13-23(20)4/h7-13,18H,5-6,14-17H2,1-4H3. The molecule has 0 spiro atoms. The largest absolute Gasteiger partial charge is 0.353 e. The predicted molar refractivity (Wildman–Crippen MR) is 122 cm³/mol. The number of rotatable bonds is 12. The highest BCUT2D eigenvalue weighted by Gasteiger charge is 2.29. The molecule has 1 heterocycles. The predicted octanol–water partition coefficient (Wildman–Crippen LogP) is 3.41. The first kappa shape index (κ1) is 25.5. The molecule has 0 aliphatic heterocycles. The fourth-order valence-corrected chi connectivity index (χ4v) is 4.74. The van der Waals surface area contributed by atoms with Crippen LogP contribution in [-0.2, 0) is 28.4 Å². The molecule has 32 heavy (non-hydrogen) atoms. The quantitative estimate of drug-likeness (QED) is 0.353. The zero-order valence-electron chi connectivity index (χ0n) is 19.1. The van der Waals surface area contributed by atoms with Gasteiger partial charge in [0, 0.05) is 44.2 Å². The summed E-state index contributed by atoms with van der Waals surface area (Å²) in [4.78, 5) is 25.2. The molecule has 0 N–H and O–H groups in total. The van der Waals surface area contributed by atoms with Crippen LogP contribution in [0.2, 0.25) is 0 Å². The summed E-state index contributed by atoms with van der Waals surface area (Å²) in [6.07, 6.45) is 3.26. The van der Waals surface area contributed by atoms with E-state index in [9.17, 15) is 23.3 Å². The summed E-state index contributed by atoms with van der Waals surface area (Å²) in [6.45, 7) is 6.76. The lowest BCUT2D eigenvalue weighted by atomic mass is 10.2. The number of carbonyl (C=O) groups is 1. The number of nitro benzene ring substituents is 1. The van der Waals surface area contributed by atoms with Gasteiger partial charge in [-0.25, -0.2) is 8.42 Å². The van der Waals surface area contributed by atoms with E-state index in [2.05, 4.69) is 0 Å². The molecule has 0 saturated carbocycles. The molecule has 0 fully saturated rings. The second kappa shape index (κ2) is 11.2. The van der Waals surface area contributed by atoms with Crippen molar-refractivity contribution >= 4 is 21.6 Å². The summed E-state index contributed by atoms with van der Waals surface area (Å²) < 4.78 is 29.6. The summed E-state index contributed by atoms with van der Waals surface area (Å²) in [6, 6.07) is 8.59. The molecule has 0 radical (unpaired) electrons. The molecule has 0 unspecified atom stereocenters. The Morgan fingerprint density at radius 2 is 1.84 bits per heavy atom. The second-order valence-electron chi connectivity index (χ2n) is 8.22. The third-order valence-electron chi connectivity index (χ3n) is 5.10. The van der Waals surface area contributed by atoms with Gasteiger partial charge in [0.15, 0.2) is 0 Å². The van der Waals surface area contributed by atoms with Gasteiger partial charge in [0.2, 0.25) is 15.9 Å². The van der Waals surface area contributed by atoms with Gasteiger partial charge in [0.05, 0.1) is 22.9 Å². The van der Waals surface area contributed by atoms with Crippen molar-refractivity contribution in [2.75, 3.05) is 19.6 Å². The fraction of sp³-hybridized carbons (Fsp3) is 0.500. The molecule has 2 aromatic rings. The van der Waals surface area contributed by atoms with E-state index < -0.39 is 14.9 Å². The minimum absolute atomic E-state index is 0.0650. The van der Waals surface area contributed by atoms with Crippen LogP contribution in [0.3, 0.4) is 0 Å². The first-order valence-corrected chi connectivity index (χ1v) is 12.1. The number of hydrogen-bond donors (Lipinski definition) is 0. The number of carbonyl (C=O) groups excluding carboxylic acids is 1. The van der Waals surface area contributed by atoms with Crippen molar-refractivity contribution in [2.45, 2.75) is 45.1 Å². The van der Waals surface area contributed by atoms with Crippen molar-refractivity contribution in [3.05, 3.63) is 58.4 Å². The minimum atomic E-state index is -3.98. The molecular formula is C22H32N4O5S. The molecule has 1 aromatic heterocycles. The molecule has 176 valence electrons. The second-order valence-corrected chi connectivity index (χ2v) is 10.2. The molecule has 0 aliphatic carbocycles. The lowest BCUT2D eigenvalue weighted by Crippen LogP contribution is -2.44. The smallest absolute Gasteiger partial charge is 0.269 e. The first-order valence-electron chi connectivity index (χ1n) is 10.7. The number of aromatic nitrogens is 1. The van der Waals surface area contributed by atoms with Crippen molar-refractivity contribution in [3.8, 4) is 0 Å². The lowest BCUT2D eigenvalue weighted by molar-refractivity contribution is -0.384. The Morgan fingerprint density at radius 1 is 1.19 bits per heavy atom. The average Bonchev–Trinajstić information content (AvgIpc) is 3.14. The summed E-state index contributed by atoms with van der Waals surface area (Å²) in [5.41, 5.74) is 0.767. The van der Waals surface area contributed by atoms with Gasteiger partial charge >= 0.3 is 0 Å². The molecule has 1 amide bonds. The normalized spacial score (nSPS) is 11.8. The molecule has 0 atom stereocenters. The van der Waals surface area contributed by atoms with Gasteiger partial charge in [-0.15, -0.1) is 0 Å². The van der Waals surface area contributed by atoms with Gasteiger partial charge in [0.1, 0.15) is 0 Å². The number of aryl methyl sites for hydroxylation is 1. The summed E-state index contributed by atoms with van der Waals surface area (Å²) in [5.74, 6) is -0.0592. The van der Waals surface area contributed by atoms with Crippen molar-refractivity contribution in [3.63, 3.8) is 0 Å². The zero-order valence-corrected chi connectivity index (χ0v) is 19.9. The topological polar surface area (TPSA) is 106 Å². The van der Waals surface area contributed by atoms with Crippen LogP contribution in [0.5, 0.6) is 0 Å². The van der Waals surface area contributed by atoms with E-state index in [1.165, 1.54) is 16.4 Å². The van der Waals surface area contributed by atoms with Gasteiger partial charge in [-0.2, -0.15) is 4.31 Å². The summed E-state index contributed by atoms with van der Waals surface area (Å²) in [7, 11) is -2.08. The van der Waals surface area contributed by atoms with E-state index in [1.54, 1.807) is 4.90 Å². The average molecular weight is 465 g/mol. The van der Waals surface area contributed by atoms with Crippen molar-refractivity contribution in [1.82, 2.24) is 13.8 Å². The molecular weight excluding hydrogens is 432 g/mol. The molecule has 0 aliphatic rings. The summed E-state index contributed by atoms with van der Waals surface area (Å²) >= 11 is 0. The maximum absolute atomic E-state index is 13.3. The monoisotopic (exact) mass is 464 g/mol. The highest BCUT2D eigenvalue weighted by Crippen LogP contribution is 2.21. The number of unbranched alkanes of at least 4 members (excludes halogenated alkanes) is 1. The summed E-state index contributed by atoms with van der Waals surface area (Å²) in [5, 5.41) is 10.9. The van der Waals surface area contributed by atoms with Gasteiger partial charge in [-0.05, 0) is 36.6 Å². The van der Waals surface area contributed by atoms with Crippen molar-refractivity contribution < 1.29 is 18.1 Å². The van der Waals surface area contributed by atoms with E-state index >= 15 is 0 Å². The van der Waals surface area contributed by atoms with E-state index in [-0.39, 0.29) is 35.5 Å². The van der Waals surface area contributed by atoms with Crippen molar-refractivity contribution in [2.24, 2.45) is 13.0 Å². The van der Waals surface area contributed by atoms with Crippen LogP contribution in [0.4, 0.5) is 5.69 Å². The molecule has 9 nitrogen and oxygen atoms in total. The van der Waals surface area contributed by atoms with Crippen LogP contribution in [0.15, 0.2) is 47.5 Å². The van der Waals surface area contributed by atoms with E-state index in [4.69, 9.17) is 0 Å². The number of benzene rings is 1. The van der Waals surface area contributed by atoms with E-state index in [1.807, 2.05) is 50.7 Å². The Morgan fingerprint density at radius 3 is 2.34 bits per heavy atom. The number of non-ortho nitro benzene ring substituents is 1. The number of nitrogens with zero attached hydrogens (tertiary/aromatic N) is 4. The fourth-order valence-electron chi connectivity index (χ4n) is 3.31. The number of sulfonamides is 1. The van der Waals surface area contributed by atoms with Crippen LogP contribution < -0.4 is 0 Å². The highest BCUT2D eigenvalue weighted by atomic mass is 32.2. The highest BCUT2D eigenvalue weighted by molar-refractivity contribution is 7.89. The van der Waals surface area contributed by atoms with Crippen LogP contribution in [0, 0.1) is 16.0 Å². The van der Waals surface area contributed by atoms with Crippen LogP contribution in [0.25, 0.3) is 0 Å². The van der Waals surface area contributed by atoms with Crippen LogP contribution in [0.1, 0.15) is 39.3 Å². The number of hydrogen-bond acceptors (Lipinski definition) is 5. The molecule has 0 saturated heterocycles. The molecule has 2 rings (SSSR count). The minimum Gasteiger partial charge on any atom is -0.353 e. The Bertz CT molecular complexity index is 1020. The van der Waals surface area contributed by atoms with Gasteiger partial charge < -0.3 is 9.47 Å². The van der Waals surface area contributed by atoms with E-state index in [0.717, 1.165) is 24.2 Å². The maximum atomic E-state index is 13.3. The zero-order chi connectivity index (χ0) is 23.9.